The summed E-state index contributed by atoms with van der Waals surface area (Å²) in [7, 11) is 0. The van der Waals surface area contributed by atoms with Crippen molar-refractivity contribution in [3.05, 3.63) is 80.3 Å². The van der Waals surface area contributed by atoms with E-state index in [4.69, 9.17) is 0 Å². The van der Waals surface area contributed by atoms with Gasteiger partial charge >= 0.3 is 5.69 Å². The number of benzene rings is 1. The number of pyridine rings is 1. The third-order valence-corrected chi connectivity index (χ3v) is 4.69. The third kappa shape index (κ3) is 3.64. The van der Waals surface area contributed by atoms with Gasteiger partial charge in [0.25, 0.3) is 0 Å². The maximum absolute atomic E-state index is 11.1. The summed E-state index contributed by atoms with van der Waals surface area (Å²) in [6, 6.07) is 9.31. The van der Waals surface area contributed by atoms with E-state index < -0.39 is 4.92 Å². The van der Waals surface area contributed by atoms with Gasteiger partial charge in [0.2, 0.25) is 5.82 Å². The smallest absolute Gasteiger partial charge is 0.313 e. The Hall–Kier alpha value is -3.48. The molecular weight excluding hydrogens is 354 g/mol. The molecule has 0 unspecified atom stereocenters. The zero-order valence-corrected chi connectivity index (χ0v) is 16.6. The predicted octanol–water partition coefficient (Wildman–Crippen LogP) is 4.77. The quantitative estimate of drug-likeness (QED) is 0.394. The predicted molar refractivity (Wildman–Crippen MR) is 112 cm³/mol. The zero-order chi connectivity index (χ0) is 20.4. The molecular formula is C21H23N5O2. The molecule has 0 bridgehead atoms. The number of rotatable bonds is 5. The van der Waals surface area contributed by atoms with Gasteiger partial charge in [-0.05, 0) is 57.9 Å². The van der Waals surface area contributed by atoms with Crippen molar-refractivity contribution in [3.8, 4) is 5.69 Å². The van der Waals surface area contributed by atoms with Gasteiger partial charge in [0, 0.05) is 29.2 Å². The summed E-state index contributed by atoms with van der Waals surface area (Å²) in [6.45, 7) is 10.4. The average Bonchev–Trinajstić information content (AvgIpc) is 2.89. The Labute approximate surface area is 163 Å². The highest BCUT2D eigenvalue weighted by Crippen LogP contribution is 2.27. The molecule has 2 heterocycles. The topological polar surface area (TPSA) is 85.3 Å². The lowest BCUT2D eigenvalue weighted by Crippen LogP contribution is -2.05. The Morgan fingerprint density at radius 2 is 1.82 bits per heavy atom. The molecule has 0 radical (unpaired) electrons. The molecule has 0 fully saturated rings. The van der Waals surface area contributed by atoms with Gasteiger partial charge in [-0.1, -0.05) is 17.7 Å². The Morgan fingerprint density at radius 1 is 1.14 bits per heavy atom. The number of aryl methyl sites for hydroxylation is 4. The molecule has 0 saturated heterocycles. The van der Waals surface area contributed by atoms with E-state index in [2.05, 4.69) is 59.9 Å². The molecule has 1 N–H and O–H groups in total. The number of aromatic nitrogens is 2. The molecule has 7 nitrogen and oxygen atoms in total. The molecule has 3 aromatic rings. The fraction of sp³-hybridized carbons (Fsp3) is 0.238. The number of hydrazone groups is 1. The maximum Gasteiger partial charge on any atom is 0.313 e. The minimum Gasteiger partial charge on any atom is -0.317 e. The van der Waals surface area contributed by atoms with Crippen molar-refractivity contribution in [2.75, 3.05) is 5.43 Å². The van der Waals surface area contributed by atoms with E-state index in [1.807, 2.05) is 13.0 Å². The van der Waals surface area contributed by atoms with E-state index in [9.17, 15) is 10.1 Å². The summed E-state index contributed by atoms with van der Waals surface area (Å²) in [6.07, 6.45) is 3.15. The van der Waals surface area contributed by atoms with Crippen molar-refractivity contribution in [2.24, 2.45) is 5.10 Å². The van der Waals surface area contributed by atoms with Crippen LogP contribution in [0.2, 0.25) is 0 Å². The van der Waals surface area contributed by atoms with E-state index in [1.165, 1.54) is 40.7 Å². The Bertz CT molecular complexity index is 1060. The highest BCUT2D eigenvalue weighted by Gasteiger charge is 2.15. The highest BCUT2D eigenvalue weighted by atomic mass is 16.6. The lowest BCUT2D eigenvalue weighted by atomic mass is 10.0. The van der Waals surface area contributed by atoms with Crippen LogP contribution in [0.4, 0.5) is 11.5 Å². The molecule has 0 spiro atoms. The van der Waals surface area contributed by atoms with E-state index in [1.54, 1.807) is 6.21 Å². The van der Waals surface area contributed by atoms with Crippen LogP contribution < -0.4 is 5.43 Å². The van der Waals surface area contributed by atoms with E-state index in [-0.39, 0.29) is 11.5 Å². The number of hydrogen-bond donors (Lipinski definition) is 1. The minimum absolute atomic E-state index is 0.114. The van der Waals surface area contributed by atoms with Crippen molar-refractivity contribution >= 4 is 17.7 Å². The molecule has 0 saturated carbocycles. The van der Waals surface area contributed by atoms with Crippen molar-refractivity contribution < 1.29 is 4.92 Å². The van der Waals surface area contributed by atoms with Crippen LogP contribution in [0.15, 0.2) is 41.6 Å². The summed E-state index contributed by atoms with van der Waals surface area (Å²) in [4.78, 5) is 14.6. The monoisotopic (exact) mass is 377 g/mol. The number of nitro groups is 1. The molecule has 1 aromatic carbocycles. The highest BCUT2D eigenvalue weighted by molar-refractivity contribution is 5.83. The molecule has 0 amide bonds. The first-order valence-corrected chi connectivity index (χ1v) is 8.95. The van der Waals surface area contributed by atoms with E-state index in [0.29, 0.717) is 0 Å². The van der Waals surface area contributed by atoms with Crippen molar-refractivity contribution in [2.45, 2.75) is 34.6 Å². The van der Waals surface area contributed by atoms with Gasteiger partial charge in [0.05, 0.1) is 16.8 Å². The maximum atomic E-state index is 11.1. The van der Waals surface area contributed by atoms with Gasteiger partial charge in [-0.3, -0.25) is 15.5 Å². The molecule has 2 aromatic heterocycles. The Morgan fingerprint density at radius 3 is 2.46 bits per heavy atom. The van der Waals surface area contributed by atoms with Crippen molar-refractivity contribution in [1.82, 2.24) is 9.55 Å². The van der Waals surface area contributed by atoms with Gasteiger partial charge < -0.3 is 4.57 Å². The first kappa shape index (κ1) is 19.3. The summed E-state index contributed by atoms with van der Waals surface area (Å²) >= 11 is 0. The van der Waals surface area contributed by atoms with Gasteiger partial charge in [0.15, 0.2) is 0 Å². The van der Waals surface area contributed by atoms with E-state index >= 15 is 0 Å². The summed E-state index contributed by atoms with van der Waals surface area (Å²) in [5.74, 6) is 0.114. The van der Waals surface area contributed by atoms with Crippen LogP contribution in [0.3, 0.4) is 0 Å². The number of hydrogen-bond acceptors (Lipinski definition) is 5. The largest absolute Gasteiger partial charge is 0.317 e. The van der Waals surface area contributed by atoms with Gasteiger partial charge in [-0.15, -0.1) is 0 Å². The zero-order valence-electron chi connectivity index (χ0n) is 16.6. The van der Waals surface area contributed by atoms with Gasteiger partial charge in [-0.2, -0.15) is 5.10 Å². The standard InChI is InChI=1S/C21H23N5O2/c1-13-9-14(2)20(15(3)10-13)25-16(4)11-18(17(25)5)12-23-24-21-19(26(27)28)7-6-8-22-21/h6-12H,1-5H3,(H,22,24)/b23-12-. The molecule has 0 atom stereocenters. The number of nitrogens with zero attached hydrogens (tertiary/aromatic N) is 4. The second kappa shape index (κ2) is 7.64. The minimum atomic E-state index is -0.486. The molecule has 28 heavy (non-hydrogen) atoms. The molecule has 0 aliphatic rings. The van der Waals surface area contributed by atoms with E-state index in [0.717, 1.165) is 17.0 Å². The van der Waals surface area contributed by atoms with Crippen molar-refractivity contribution in [1.29, 1.82) is 0 Å². The van der Waals surface area contributed by atoms with Crippen LogP contribution in [0.1, 0.15) is 33.6 Å². The fourth-order valence-corrected chi connectivity index (χ4v) is 3.58. The van der Waals surface area contributed by atoms with Crippen molar-refractivity contribution in [3.63, 3.8) is 0 Å². The normalized spacial score (nSPS) is 11.2. The Balaban J connectivity index is 1.94. The van der Waals surface area contributed by atoms with Crippen LogP contribution in [0.5, 0.6) is 0 Å². The molecule has 7 heteroatoms. The van der Waals surface area contributed by atoms with Gasteiger partial charge in [0.1, 0.15) is 0 Å². The Kier molecular flexibility index (Phi) is 5.26. The lowest BCUT2D eigenvalue weighted by molar-refractivity contribution is -0.384. The third-order valence-electron chi connectivity index (χ3n) is 4.69. The molecule has 144 valence electrons. The number of nitrogens with one attached hydrogen (secondary N) is 1. The summed E-state index contributed by atoms with van der Waals surface area (Å²) < 4.78 is 2.22. The average molecular weight is 377 g/mol. The van der Waals surface area contributed by atoms with Crippen LogP contribution in [0.25, 0.3) is 5.69 Å². The lowest BCUT2D eigenvalue weighted by Gasteiger charge is -2.16. The SMILES string of the molecule is Cc1cc(C)c(-n2c(C)cc(/C=N\Nc3ncccc3[N+](=O)[O-])c2C)c(C)c1. The van der Waals surface area contributed by atoms with Crippen LogP contribution in [-0.2, 0) is 0 Å². The fourth-order valence-electron chi connectivity index (χ4n) is 3.58. The second-order valence-electron chi connectivity index (χ2n) is 6.91. The number of anilines is 1. The first-order chi connectivity index (χ1) is 13.3. The second-order valence-corrected chi connectivity index (χ2v) is 6.91. The molecule has 0 aliphatic carbocycles. The van der Waals surface area contributed by atoms with Crippen LogP contribution >= 0.6 is 0 Å². The van der Waals surface area contributed by atoms with Crippen LogP contribution in [0, 0.1) is 44.7 Å². The molecule has 3 rings (SSSR count). The molecule has 0 aliphatic heterocycles. The van der Waals surface area contributed by atoms with Crippen LogP contribution in [-0.4, -0.2) is 20.7 Å². The summed E-state index contributed by atoms with van der Waals surface area (Å²) in [5.41, 5.74) is 10.5. The van der Waals surface area contributed by atoms with Gasteiger partial charge in [-0.25, -0.2) is 4.98 Å². The summed E-state index contributed by atoms with van der Waals surface area (Å²) in [5, 5.41) is 15.2. The first-order valence-electron chi connectivity index (χ1n) is 8.95.